The molecule has 37 heavy (non-hydrogen) atoms. The second-order valence-electron chi connectivity index (χ2n) is 9.64. The van der Waals surface area contributed by atoms with Crippen LogP contribution in [0.3, 0.4) is 0 Å². The van der Waals surface area contributed by atoms with Crippen LogP contribution in [0.2, 0.25) is 10.0 Å². The standard InChI is InChI=1S/C25H28Cl2F3N3O3S/c1-3-16(2)22-23(34)33(15-17-5-4-6-18(13-17)25(28,29)30)24(31-22)9-11-32(12-10-24)37(35,36)19-7-8-20(26)21(27)14-19/h4-8,13-14,16,22,31H,3,9-12,15H2,1-2H3/t16-,22+/m0/s1. The molecule has 4 rings (SSSR count). The molecule has 2 aromatic rings. The number of hydrogen-bond donors (Lipinski definition) is 1. The topological polar surface area (TPSA) is 69.7 Å². The fraction of sp³-hybridized carbons (Fsp3) is 0.480. The number of nitrogens with zero attached hydrogens (tertiary/aromatic N) is 2. The number of sulfonamides is 1. The quantitative estimate of drug-likeness (QED) is 0.489. The van der Waals surface area contributed by atoms with Gasteiger partial charge in [-0.05, 0) is 54.7 Å². The van der Waals surface area contributed by atoms with Gasteiger partial charge in [-0.1, -0.05) is 55.6 Å². The lowest BCUT2D eigenvalue weighted by molar-refractivity contribution is -0.137. The van der Waals surface area contributed by atoms with Gasteiger partial charge in [-0.3, -0.25) is 10.1 Å². The van der Waals surface area contributed by atoms with E-state index in [1.807, 2.05) is 13.8 Å². The third-order valence-electron chi connectivity index (χ3n) is 7.36. The minimum atomic E-state index is -4.50. The smallest absolute Gasteiger partial charge is 0.319 e. The summed E-state index contributed by atoms with van der Waals surface area (Å²) in [6, 6.07) is 8.57. The van der Waals surface area contributed by atoms with Crippen molar-refractivity contribution in [2.45, 2.75) is 62.4 Å². The van der Waals surface area contributed by atoms with Crippen LogP contribution in [-0.4, -0.2) is 48.3 Å². The second kappa shape index (κ2) is 10.4. The molecule has 2 aromatic carbocycles. The van der Waals surface area contributed by atoms with Gasteiger partial charge in [0.25, 0.3) is 0 Å². The van der Waals surface area contributed by atoms with Crippen molar-refractivity contribution in [2.75, 3.05) is 13.1 Å². The fourth-order valence-electron chi connectivity index (χ4n) is 4.98. The van der Waals surface area contributed by atoms with Crippen molar-refractivity contribution in [1.82, 2.24) is 14.5 Å². The first kappa shape index (κ1) is 28.2. The van der Waals surface area contributed by atoms with E-state index in [1.54, 1.807) is 11.0 Å². The van der Waals surface area contributed by atoms with Crippen LogP contribution >= 0.6 is 23.2 Å². The Balaban J connectivity index is 1.60. The Morgan fingerprint density at radius 3 is 2.38 bits per heavy atom. The van der Waals surface area contributed by atoms with Crippen molar-refractivity contribution in [3.05, 3.63) is 63.6 Å². The maximum absolute atomic E-state index is 13.5. The summed E-state index contributed by atoms with van der Waals surface area (Å²) in [5.74, 6) is -0.193. The summed E-state index contributed by atoms with van der Waals surface area (Å²) in [7, 11) is -3.86. The molecule has 2 aliphatic rings. The van der Waals surface area contributed by atoms with Gasteiger partial charge < -0.3 is 4.90 Å². The molecular formula is C25H28Cl2F3N3O3S. The molecule has 0 aliphatic carbocycles. The Labute approximate surface area is 224 Å². The van der Waals surface area contributed by atoms with Crippen molar-refractivity contribution in [3.8, 4) is 0 Å². The molecular weight excluding hydrogens is 550 g/mol. The SMILES string of the molecule is CC[C@H](C)[C@H]1NC2(CCN(S(=O)(=O)c3ccc(Cl)c(Cl)c3)CC2)N(Cc2cccc(C(F)(F)F)c2)C1=O. The summed E-state index contributed by atoms with van der Waals surface area (Å²) in [6.45, 7) is 4.14. The number of rotatable bonds is 6. The van der Waals surface area contributed by atoms with Crippen LogP contribution in [0.5, 0.6) is 0 Å². The number of amides is 1. The summed E-state index contributed by atoms with van der Waals surface area (Å²) in [6.07, 6.45) is -3.20. The highest BCUT2D eigenvalue weighted by molar-refractivity contribution is 7.89. The van der Waals surface area contributed by atoms with Crippen LogP contribution < -0.4 is 5.32 Å². The molecule has 1 amide bonds. The van der Waals surface area contributed by atoms with E-state index in [4.69, 9.17) is 23.2 Å². The zero-order valence-corrected chi connectivity index (χ0v) is 22.7. The molecule has 2 atom stereocenters. The van der Waals surface area contributed by atoms with Crippen molar-refractivity contribution >= 4 is 39.1 Å². The molecule has 202 valence electrons. The highest BCUT2D eigenvalue weighted by atomic mass is 35.5. The number of halogens is 5. The molecule has 6 nitrogen and oxygen atoms in total. The zero-order valence-electron chi connectivity index (χ0n) is 20.4. The molecule has 2 heterocycles. The minimum absolute atomic E-state index is 0.00569. The maximum Gasteiger partial charge on any atom is 0.416 e. The van der Waals surface area contributed by atoms with Crippen LogP contribution in [0.25, 0.3) is 0 Å². The van der Waals surface area contributed by atoms with Crippen molar-refractivity contribution in [3.63, 3.8) is 0 Å². The first-order chi connectivity index (χ1) is 17.3. The van der Waals surface area contributed by atoms with Crippen molar-refractivity contribution in [1.29, 1.82) is 0 Å². The van der Waals surface area contributed by atoms with E-state index in [-0.39, 0.29) is 59.2 Å². The van der Waals surface area contributed by atoms with E-state index in [2.05, 4.69) is 5.32 Å². The molecule has 12 heteroatoms. The summed E-state index contributed by atoms with van der Waals surface area (Å²) < 4.78 is 67.7. The zero-order chi connectivity index (χ0) is 27.2. The third-order valence-corrected chi connectivity index (χ3v) is 9.99. The van der Waals surface area contributed by atoms with Gasteiger partial charge in [0.05, 0.1) is 32.2 Å². The van der Waals surface area contributed by atoms with E-state index in [1.165, 1.54) is 28.6 Å². The molecule has 2 saturated heterocycles. The molecule has 0 radical (unpaired) electrons. The predicted octanol–water partition coefficient (Wildman–Crippen LogP) is 5.54. The van der Waals surface area contributed by atoms with E-state index in [0.717, 1.165) is 18.6 Å². The van der Waals surface area contributed by atoms with Gasteiger partial charge in [-0.15, -0.1) is 0 Å². The summed E-state index contributed by atoms with van der Waals surface area (Å²) in [5.41, 5.74) is -1.29. The Bertz CT molecular complexity index is 1280. The Morgan fingerprint density at radius 2 is 1.78 bits per heavy atom. The average Bonchev–Trinajstić information content (AvgIpc) is 3.11. The van der Waals surface area contributed by atoms with E-state index in [0.29, 0.717) is 5.56 Å². The highest BCUT2D eigenvalue weighted by Gasteiger charge is 2.53. The second-order valence-corrected chi connectivity index (χ2v) is 12.4. The van der Waals surface area contributed by atoms with Gasteiger partial charge in [-0.25, -0.2) is 8.42 Å². The lowest BCUT2D eigenvalue weighted by atomic mass is 9.96. The van der Waals surface area contributed by atoms with Gasteiger partial charge >= 0.3 is 6.18 Å². The van der Waals surface area contributed by atoms with Gasteiger partial charge in [0, 0.05) is 19.6 Å². The molecule has 1 N–H and O–H groups in total. The van der Waals surface area contributed by atoms with Crippen LogP contribution in [0.1, 0.15) is 44.2 Å². The molecule has 0 unspecified atom stereocenters. The van der Waals surface area contributed by atoms with Crippen LogP contribution in [-0.2, 0) is 27.5 Å². The van der Waals surface area contributed by atoms with Gasteiger partial charge in [0.1, 0.15) is 0 Å². The first-order valence-corrected chi connectivity index (χ1v) is 14.2. The number of carbonyl (C=O) groups is 1. The summed E-state index contributed by atoms with van der Waals surface area (Å²) in [5, 5.41) is 3.82. The Morgan fingerprint density at radius 1 is 1.11 bits per heavy atom. The van der Waals surface area contributed by atoms with Crippen LogP contribution in [0.4, 0.5) is 13.2 Å². The number of nitrogens with one attached hydrogen (secondary N) is 1. The van der Waals surface area contributed by atoms with E-state index < -0.39 is 33.5 Å². The largest absolute Gasteiger partial charge is 0.416 e. The molecule has 2 fully saturated rings. The van der Waals surface area contributed by atoms with Gasteiger partial charge in [-0.2, -0.15) is 17.5 Å². The van der Waals surface area contributed by atoms with Gasteiger partial charge in [0.15, 0.2) is 0 Å². The number of hydrogen-bond acceptors (Lipinski definition) is 4. The van der Waals surface area contributed by atoms with Crippen molar-refractivity contribution < 1.29 is 26.4 Å². The normalized spacial score (nSPS) is 21.5. The van der Waals surface area contributed by atoms with Gasteiger partial charge in [0.2, 0.25) is 15.9 Å². The maximum atomic E-state index is 13.5. The third kappa shape index (κ3) is 5.49. The lowest BCUT2D eigenvalue weighted by Crippen LogP contribution is -2.59. The monoisotopic (exact) mass is 577 g/mol. The average molecular weight is 578 g/mol. The molecule has 1 spiro atoms. The molecule has 0 bridgehead atoms. The summed E-state index contributed by atoms with van der Waals surface area (Å²) in [4.78, 5) is 15.1. The Hall–Kier alpha value is -1.85. The first-order valence-electron chi connectivity index (χ1n) is 12.0. The number of carbonyl (C=O) groups excluding carboxylic acids is 1. The summed E-state index contributed by atoms with van der Waals surface area (Å²) >= 11 is 12.0. The molecule has 0 saturated carbocycles. The molecule has 0 aromatic heterocycles. The van der Waals surface area contributed by atoms with Crippen molar-refractivity contribution in [2.24, 2.45) is 5.92 Å². The Kier molecular flexibility index (Phi) is 7.90. The van der Waals surface area contributed by atoms with E-state index >= 15 is 0 Å². The minimum Gasteiger partial charge on any atom is -0.319 e. The highest BCUT2D eigenvalue weighted by Crippen LogP contribution is 2.38. The van der Waals surface area contributed by atoms with Crippen LogP contribution in [0.15, 0.2) is 47.4 Å². The molecule has 2 aliphatic heterocycles. The number of alkyl halides is 3. The predicted molar refractivity (Wildman–Crippen MR) is 136 cm³/mol. The number of piperidine rings is 1. The van der Waals surface area contributed by atoms with E-state index in [9.17, 15) is 26.4 Å². The fourth-order valence-corrected chi connectivity index (χ4v) is 6.82. The number of benzene rings is 2. The van der Waals surface area contributed by atoms with Crippen LogP contribution in [0, 0.1) is 5.92 Å². The lowest BCUT2D eigenvalue weighted by Gasteiger charge is -2.44.